The van der Waals surface area contributed by atoms with Crippen LogP contribution in [-0.4, -0.2) is 5.91 Å². The number of anilines is 1. The summed E-state index contributed by atoms with van der Waals surface area (Å²) < 4.78 is 0. The van der Waals surface area contributed by atoms with Gasteiger partial charge in [0.25, 0.3) is 0 Å². The Morgan fingerprint density at radius 2 is 1.77 bits per heavy atom. The van der Waals surface area contributed by atoms with Crippen LogP contribution in [0.15, 0.2) is 29.3 Å². The summed E-state index contributed by atoms with van der Waals surface area (Å²) in [4.78, 5) is 13.8. The van der Waals surface area contributed by atoms with Gasteiger partial charge in [-0.1, -0.05) is 69.9 Å². The van der Waals surface area contributed by atoms with Crippen LogP contribution in [0.1, 0.15) is 96.6 Å². The molecule has 3 aliphatic rings. The molecule has 1 saturated carbocycles. The van der Waals surface area contributed by atoms with Crippen molar-refractivity contribution in [1.29, 1.82) is 0 Å². The molecule has 4 atom stereocenters. The molecule has 1 N–H and O–H groups in total. The first kappa shape index (κ1) is 21.7. The first-order valence-electron chi connectivity index (χ1n) is 12.2. The van der Waals surface area contributed by atoms with E-state index in [-0.39, 0.29) is 16.7 Å². The summed E-state index contributed by atoms with van der Waals surface area (Å²) in [5, 5.41) is 3.38. The molecule has 0 heterocycles. The highest BCUT2D eigenvalue weighted by molar-refractivity contribution is 5.96. The van der Waals surface area contributed by atoms with Crippen molar-refractivity contribution in [2.45, 2.75) is 99.3 Å². The largest absolute Gasteiger partial charge is 0.325 e. The molecule has 0 aliphatic heterocycles. The lowest BCUT2D eigenvalue weighted by Gasteiger charge is -2.57. The smallest absolute Gasteiger partial charge is 0.230 e. The van der Waals surface area contributed by atoms with E-state index in [2.05, 4.69) is 65.1 Å². The van der Waals surface area contributed by atoms with Crippen LogP contribution in [0.4, 0.5) is 5.69 Å². The maximum absolute atomic E-state index is 13.8. The zero-order valence-electron chi connectivity index (χ0n) is 20.1. The van der Waals surface area contributed by atoms with Crippen LogP contribution in [0, 0.1) is 36.0 Å². The summed E-state index contributed by atoms with van der Waals surface area (Å²) in [5.74, 6) is 0.696. The number of hydrogen-bond donors (Lipinski definition) is 1. The first-order valence-corrected chi connectivity index (χ1v) is 12.2. The average Bonchev–Trinajstić information content (AvgIpc) is 2.70. The third-order valence-electron chi connectivity index (χ3n) is 9.49. The molecule has 0 aromatic heterocycles. The molecule has 2 unspecified atom stereocenters. The predicted octanol–water partition coefficient (Wildman–Crippen LogP) is 7.75. The molecule has 1 amide bonds. The third-order valence-corrected chi connectivity index (χ3v) is 9.49. The number of rotatable bonds is 3. The molecule has 1 fully saturated rings. The average molecular weight is 408 g/mol. The van der Waals surface area contributed by atoms with E-state index in [1.54, 1.807) is 11.1 Å². The number of para-hydroxylation sites is 1. The van der Waals surface area contributed by atoms with Gasteiger partial charge in [-0.25, -0.2) is 0 Å². The number of hydrogen-bond acceptors (Lipinski definition) is 1. The van der Waals surface area contributed by atoms with Gasteiger partial charge in [0.05, 0.1) is 5.41 Å². The van der Waals surface area contributed by atoms with Crippen molar-refractivity contribution in [3.05, 3.63) is 40.5 Å². The van der Waals surface area contributed by atoms with E-state index in [0.29, 0.717) is 11.3 Å². The van der Waals surface area contributed by atoms with Crippen LogP contribution in [0.3, 0.4) is 0 Å². The molecule has 2 nitrogen and oxygen atoms in total. The number of amides is 1. The molecule has 0 radical (unpaired) electrons. The maximum atomic E-state index is 13.8. The second-order valence-corrected chi connectivity index (χ2v) is 11.4. The molecule has 0 bridgehead atoms. The van der Waals surface area contributed by atoms with Crippen molar-refractivity contribution in [2.24, 2.45) is 22.2 Å². The third kappa shape index (κ3) is 3.35. The number of aryl methyl sites for hydroxylation is 2. The van der Waals surface area contributed by atoms with E-state index in [1.807, 2.05) is 0 Å². The van der Waals surface area contributed by atoms with Gasteiger partial charge in [0.15, 0.2) is 0 Å². The van der Waals surface area contributed by atoms with Gasteiger partial charge in [-0.2, -0.15) is 0 Å². The number of carbonyl (C=O) groups is 1. The van der Waals surface area contributed by atoms with E-state index in [0.717, 1.165) is 29.7 Å². The molecular formula is C28H41NO. The van der Waals surface area contributed by atoms with Gasteiger partial charge in [0, 0.05) is 5.69 Å². The second kappa shape index (κ2) is 7.53. The molecule has 164 valence electrons. The minimum atomic E-state index is -0.286. The summed E-state index contributed by atoms with van der Waals surface area (Å²) in [7, 11) is 0. The molecule has 1 aromatic carbocycles. The lowest BCUT2D eigenvalue weighted by atomic mass is 9.47. The number of allylic oxidation sites excluding steroid dienone is 2. The molecule has 2 heteroatoms. The monoisotopic (exact) mass is 407 g/mol. The Balaban J connectivity index is 1.65. The number of nitrogens with one attached hydrogen (secondary N) is 1. The predicted molar refractivity (Wildman–Crippen MR) is 127 cm³/mol. The van der Waals surface area contributed by atoms with Gasteiger partial charge in [-0.15, -0.1) is 0 Å². The summed E-state index contributed by atoms with van der Waals surface area (Å²) >= 11 is 0. The minimum absolute atomic E-state index is 0.202. The van der Waals surface area contributed by atoms with E-state index < -0.39 is 0 Å². The molecular weight excluding hydrogens is 366 g/mol. The summed E-state index contributed by atoms with van der Waals surface area (Å²) in [6.45, 7) is 13.8. The Labute approximate surface area is 183 Å². The van der Waals surface area contributed by atoms with Crippen molar-refractivity contribution in [1.82, 2.24) is 0 Å². The fourth-order valence-electron chi connectivity index (χ4n) is 7.28. The zero-order chi connectivity index (χ0) is 21.7. The van der Waals surface area contributed by atoms with E-state index in [9.17, 15) is 4.79 Å². The number of benzene rings is 1. The fourth-order valence-corrected chi connectivity index (χ4v) is 7.28. The van der Waals surface area contributed by atoms with Gasteiger partial charge >= 0.3 is 0 Å². The van der Waals surface area contributed by atoms with Gasteiger partial charge in [0.1, 0.15) is 0 Å². The van der Waals surface area contributed by atoms with Gasteiger partial charge in [-0.3, -0.25) is 4.79 Å². The van der Waals surface area contributed by atoms with Crippen LogP contribution >= 0.6 is 0 Å². The van der Waals surface area contributed by atoms with Crippen LogP contribution in [0.25, 0.3) is 0 Å². The van der Waals surface area contributed by atoms with Crippen LogP contribution in [0.2, 0.25) is 0 Å². The van der Waals surface area contributed by atoms with Gasteiger partial charge < -0.3 is 5.32 Å². The van der Waals surface area contributed by atoms with Crippen LogP contribution < -0.4 is 5.32 Å². The zero-order valence-corrected chi connectivity index (χ0v) is 20.1. The summed E-state index contributed by atoms with van der Waals surface area (Å²) in [6.07, 6.45) is 10.9. The Kier molecular flexibility index (Phi) is 5.44. The summed E-state index contributed by atoms with van der Waals surface area (Å²) in [6, 6.07) is 6.27. The minimum Gasteiger partial charge on any atom is -0.325 e. The van der Waals surface area contributed by atoms with Crippen molar-refractivity contribution in [3.8, 4) is 0 Å². The normalized spacial score (nSPS) is 36.1. The Bertz CT molecular complexity index is 862. The number of carbonyl (C=O) groups excluding carboxylic acids is 1. The highest BCUT2D eigenvalue weighted by Crippen LogP contribution is 2.63. The SMILES string of the molecule is CC[C@@]1(C)CCC2=C(CCC3C2(C)CCC[C@@]3(C)C(=O)Nc2c(C)cccc2C)C1. The quantitative estimate of drug-likeness (QED) is 0.510. The van der Waals surface area contributed by atoms with Gasteiger partial charge in [0.2, 0.25) is 5.91 Å². The van der Waals surface area contributed by atoms with Crippen molar-refractivity contribution < 1.29 is 4.79 Å². The molecule has 0 spiro atoms. The Hall–Kier alpha value is -1.57. The first-order chi connectivity index (χ1) is 14.1. The van der Waals surface area contributed by atoms with Crippen LogP contribution in [0.5, 0.6) is 0 Å². The highest BCUT2D eigenvalue weighted by atomic mass is 16.2. The number of fused-ring (bicyclic) bond motifs is 2. The van der Waals surface area contributed by atoms with E-state index in [1.165, 1.54) is 44.9 Å². The molecule has 30 heavy (non-hydrogen) atoms. The standard InChI is InChI=1S/C28H41NO/c1-7-26(4)17-14-22-21(18-26)12-13-23-27(22,5)15-9-16-28(23,6)25(30)29-24-19(2)10-8-11-20(24)3/h8,10-11,23H,7,9,12-18H2,1-6H3,(H,29,30)/t23?,26-,27?,28+/m0/s1. The Morgan fingerprint density at radius 1 is 1.07 bits per heavy atom. The summed E-state index contributed by atoms with van der Waals surface area (Å²) in [5.41, 5.74) is 7.23. The topological polar surface area (TPSA) is 29.1 Å². The molecule has 3 aliphatic carbocycles. The molecule has 1 aromatic rings. The van der Waals surface area contributed by atoms with Crippen LogP contribution in [-0.2, 0) is 4.79 Å². The highest BCUT2D eigenvalue weighted by Gasteiger charge is 2.56. The fraction of sp³-hybridized carbons (Fsp3) is 0.679. The second-order valence-electron chi connectivity index (χ2n) is 11.4. The van der Waals surface area contributed by atoms with E-state index >= 15 is 0 Å². The maximum Gasteiger partial charge on any atom is 0.230 e. The molecule has 4 rings (SSSR count). The van der Waals surface area contributed by atoms with Crippen molar-refractivity contribution >= 4 is 11.6 Å². The molecule has 0 saturated heterocycles. The Morgan fingerprint density at radius 3 is 2.43 bits per heavy atom. The van der Waals surface area contributed by atoms with E-state index in [4.69, 9.17) is 0 Å². The van der Waals surface area contributed by atoms with Crippen molar-refractivity contribution in [3.63, 3.8) is 0 Å². The van der Waals surface area contributed by atoms with Gasteiger partial charge in [-0.05, 0) is 86.7 Å². The van der Waals surface area contributed by atoms with Crippen molar-refractivity contribution in [2.75, 3.05) is 5.32 Å². The lowest BCUT2D eigenvalue weighted by Crippen LogP contribution is -2.52. The lowest BCUT2D eigenvalue weighted by molar-refractivity contribution is -0.135.